The summed E-state index contributed by atoms with van der Waals surface area (Å²) in [6.45, 7) is 4.55. The molecule has 0 amide bonds. The number of piperidine rings is 1. The van der Waals surface area contributed by atoms with E-state index in [-0.39, 0.29) is 11.5 Å². The van der Waals surface area contributed by atoms with Gasteiger partial charge in [-0.3, -0.25) is 9.69 Å². The third-order valence-corrected chi connectivity index (χ3v) is 3.40. The number of methoxy groups -OCH3 is 1. The lowest BCUT2D eigenvalue weighted by Crippen LogP contribution is -2.35. The molecule has 1 heterocycles. The molecule has 1 aromatic carbocycles. The monoisotopic (exact) mass is 261 g/mol. The third kappa shape index (κ3) is 3.15. The zero-order valence-electron chi connectivity index (χ0n) is 11.3. The first-order chi connectivity index (χ1) is 9.13. The molecule has 1 aromatic rings. The molecule has 19 heavy (non-hydrogen) atoms. The molecule has 102 valence electrons. The lowest BCUT2D eigenvalue weighted by atomic mass is 10.0. The number of hydrogen-bond acceptors (Lipinski definition) is 4. The van der Waals surface area contributed by atoms with Gasteiger partial charge in [0.25, 0.3) is 0 Å². The summed E-state index contributed by atoms with van der Waals surface area (Å²) in [4.78, 5) is 14.1. The fraction of sp³-hybridized carbons (Fsp3) is 0.400. The fourth-order valence-corrected chi connectivity index (χ4v) is 2.22. The van der Waals surface area contributed by atoms with E-state index in [2.05, 4.69) is 11.8 Å². The Kier molecular flexibility index (Phi) is 4.22. The second-order valence-electron chi connectivity index (χ2n) is 4.64. The highest BCUT2D eigenvalue weighted by Crippen LogP contribution is 2.27. The highest BCUT2D eigenvalue weighted by atomic mass is 16.5. The van der Waals surface area contributed by atoms with E-state index >= 15 is 0 Å². The highest BCUT2D eigenvalue weighted by molar-refractivity contribution is 6.00. The van der Waals surface area contributed by atoms with Crippen LogP contribution in [0.15, 0.2) is 23.8 Å². The highest BCUT2D eigenvalue weighted by Gasteiger charge is 2.20. The van der Waals surface area contributed by atoms with Crippen molar-refractivity contribution < 1.29 is 14.6 Å². The van der Waals surface area contributed by atoms with E-state index in [0.29, 0.717) is 18.7 Å². The fourth-order valence-electron chi connectivity index (χ4n) is 2.22. The van der Waals surface area contributed by atoms with Crippen LogP contribution in [0.2, 0.25) is 0 Å². The molecule has 1 aliphatic rings. The normalized spacial score (nSPS) is 18.8. The maximum Gasteiger partial charge on any atom is 0.161 e. The summed E-state index contributed by atoms with van der Waals surface area (Å²) in [5, 5.41) is 9.74. The van der Waals surface area contributed by atoms with E-state index in [1.807, 2.05) is 12.1 Å². The first-order valence-electron chi connectivity index (χ1n) is 6.47. The third-order valence-electron chi connectivity index (χ3n) is 3.40. The van der Waals surface area contributed by atoms with Gasteiger partial charge in [-0.25, -0.2) is 0 Å². The smallest absolute Gasteiger partial charge is 0.161 e. The molecule has 1 fully saturated rings. The summed E-state index contributed by atoms with van der Waals surface area (Å²) in [5.74, 6) is 0.722. The van der Waals surface area contributed by atoms with Crippen LogP contribution < -0.4 is 4.74 Å². The molecule has 0 saturated carbocycles. The standard InChI is InChI=1S/C15H19NO3/c1-3-16-7-6-13(17)12(10-16)8-11-4-5-15(19-2)14(18)9-11/h4-5,8-9,18H,3,6-7,10H2,1-2H3/b12-8+. The van der Waals surface area contributed by atoms with Gasteiger partial charge in [0, 0.05) is 25.1 Å². The molecule has 2 rings (SSSR count). The Morgan fingerprint density at radius 2 is 2.26 bits per heavy atom. The van der Waals surface area contributed by atoms with Gasteiger partial charge in [0.15, 0.2) is 17.3 Å². The molecule has 1 saturated heterocycles. The Balaban J connectivity index is 2.24. The molecular formula is C15H19NO3. The Hall–Kier alpha value is -1.81. The molecule has 4 nitrogen and oxygen atoms in total. The number of ketones is 1. The number of carbonyl (C=O) groups excluding carboxylic acids is 1. The number of likely N-dealkylation sites (N-methyl/N-ethyl adjacent to an activating group) is 1. The second kappa shape index (κ2) is 5.89. The van der Waals surface area contributed by atoms with Crippen LogP contribution in [0.5, 0.6) is 11.5 Å². The predicted molar refractivity (Wildman–Crippen MR) is 74.4 cm³/mol. The molecular weight excluding hydrogens is 242 g/mol. The summed E-state index contributed by atoms with van der Waals surface area (Å²) in [7, 11) is 1.51. The van der Waals surface area contributed by atoms with E-state index in [1.165, 1.54) is 7.11 Å². The van der Waals surface area contributed by atoms with Crippen molar-refractivity contribution in [2.45, 2.75) is 13.3 Å². The molecule has 0 unspecified atom stereocenters. The summed E-state index contributed by atoms with van der Waals surface area (Å²) in [6, 6.07) is 5.15. The van der Waals surface area contributed by atoms with Gasteiger partial charge in [-0.1, -0.05) is 13.0 Å². The van der Waals surface area contributed by atoms with E-state index in [4.69, 9.17) is 4.74 Å². The Morgan fingerprint density at radius 1 is 1.47 bits per heavy atom. The first kappa shape index (κ1) is 13.6. The van der Waals surface area contributed by atoms with Gasteiger partial charge in [-0.2, -0.15) is 0 Å². The number of rotatable bonds is 3. The zero-order valence-corrected chi connectivity index (χ0v) is 11.3. The number of nitrogens with zero attached hydrogens (tertiary/aromatic N) is 1. The van der Waals surface area contributed by atoms with Crippen molar-refractivity contribution in [1.29, 1.82) is 0 Å². The van der Waals surface area contributed by atoms with Gasteiger partial charge in [0.05, 0.1) is 7.11 Å². The molecule has 4 heteroatoms. The lowest BCUT2D eigenvalue weighted by molar-refractivity contribution is -0.117. The maximum absolute atomic E-state index is 11.9. The summed E-state index contributed by atoms with van der Waals surface area (Å²) in [6.07, 6.45) is 2.42. The van der Waals surface area contributed by atoms with Crippen molar-refractivity contribution >= 4 is 11.9 Å². The Labute approximate surface area is 113 Å². The van der Waals surface area contributed by atoms with Crippen molar-refractivity contribution in [1.82, 2.24) is 4.90 Å². The number of carbonyl (C=O) groups is 1. The minimum atomic E-state index is 0.0902. The van der Waals surface area contributed by atoms with Gasteiger partial charge in [0.1, 0.15) is 0 Å². The molecule has 0 atom stereocenters. The predicted octanol–water partition coefficient (Wildman–Crippen LogP) is 2.08. The Bertz CT molecular complexity index is 508. The second-order valence-corrected chi connectivity index (χ2v) is 4.64. The number of benzene rings is 1. The van der Waals surface area contributed by atoms with E-state index in [0.717, 1.165) is 24.2 Å². The van der Waals surface area contributed by atoms with Crippen LogP contribution in [0.1, 0.15) is 18.9 Å². The van der Waals surface area contributed by atoms with Crippen LogP contribution in [0, 0.1) is 0 Å². The van der Waals surface area contributed by atoms with Crippen molar-refractivity contribution in [3.8, 4) is 11.5 Å². The van der Waals surface area contributed by atoms with Gasteiger partial charge in [0.2, 0.25) is 0 Å². The van der Waals surface area contributed by atoms with Crippen LogP contribution in [0.4, 0.5) is 0 Å². The summed E-state index contributed by atoms with van der Waals surface area (Å²) < 4.78 is 5.00. The minimum Gasteiger partial charge on any atom is -0.504 e. The van der Waals surface area contributed by atoms with Crippen molar-refractivity contribution in [2.24, 2.45) is 0 Å². The van der Waals surface area contributed by atoms with Gasteiger partial charge in [-0.15, -0.1) is 0 Å². The number of likely N-dealkylation sites (tertiary alicyclic amines) is 1. The lowest BCUT2D eigenvalue weighted by Gasteiger charge is -2.26. The zero-order chi connectivity index (χ0) is 13.8. The average Bonchev–Trinajstić information content (AvgIpc) is 2.41. The average molecular weight is 261 g/mol. The number of aromatic hydroxyl groups is 1. The molecule has 0 aromatic heterocycles. The summed E-state index contributed by atoms with van der Waals surface area (Å²) >= 11 is 0. The largest absolute Gasteiger partial charge is 0.504 e. The van der Waals surface area contributed by atoms with Gasteiger partial charge < -0.3 is 9.84 Å². The van der Waals surface area contributed by atoms with Crippen LogP contribution in [-0.4, -0.2) is 42.5 Å². The number of phenols is 1. The number of ether oxygens (including phenoxy) is 1. The van der Waals surface area contributed by atoms with Gasteiger partial charge in [-0.05, 0) is 30.3 Å². The van der Waals surface area contributed by atoms with E-state index < -0.39 is 0 Å². The van der Waals surface area contributed by atoms with Crippen LogP contribution in [-0.2, 0) is 4.79 Å². The van der Waals surface area contributed by atoms with E-state index in [9.17, 15) is 9.90 Å². The molecule has 1 N–H and O–H groups in total. The first-order valence-corrected chi connectivity index (χ1v) is 6.47. The number of Topliss-reactive ketones (excluding diaryl/α,β-unsaturated/α-hetero) is 1. The minimum absolute atomic E-state index is 0.0902. The number of hydrogen-bond donors (Lipinski definition) is 1. The van der Waals surface area contributed by atoms with Gasteiger partial charge >= 0.3 is 0 Å². The quantitative estimate of drug-likeness (QED) is 0.846. The van der Waals surface area contributed by atoms with Crippen LogP contribution >= 0.6 is 0 Å². The Morgan fingerprint density at radius 3 is 2.89 bits per heavy atom. The maximum atomic E-state index is 11.9. The molecule has 0 aliphatic carbocycles. The van der Waals surface area contributed by atoms with Crippen LogP contribution in [0.25, 0.3) is 6.08 Å². The molecule has 0 radical (unpaired) electrons. The van der Waals surface area contributed by atoms with Crippen molar-refractivity contribution in [2.75, 3.05) is 26.7 Å². The van der Waals surface area contributed by atoms with Crippen molar-refractivity contribution in [3.63, 3.8) is 0 Å². The SMILES string of the molecule is CCN1CCC(=O)/C(=C/c2ccc(OC)c(O)c2)C1. The topological polar surface area (TPSA) is 49.8 Å². The van der Waals surface area contributed by atoms with E-state index in [1.54, 1.807) is 12.1 Å². The van der Waals surface area contributed by atoms with Crippen molar-refractivity contribution in [3.05, 3.63) is 29.3 Å². The van der Waals surface area contributed by atoms with Crippen LogP contribution in [0.3, 0.4) is 0 Å². The summed E-state index contributed by atoms with van der Waals surface area (Å²) in [5.41, 5.74) is 1.62. The molecule has 0 bridgehead atoms. The number of phenolic OH excluding ortho intramolecular Hbond substituents is 1. The molecule has 1 aliphatic heterocycles. The molecule has 0 spiro atoms.